The Morgan fingerprint density at radius 1 is 1.17 bits per heavy atom. The van der Waals surface area contributed by atoms with E-state index in [4.69, 9.17) is 10.00 Å². The van der Waals surface area contributed by atoms with Crippen LogP contribution in [0.3, 0.4) is 0 Å². The van der Waals surface area contributed by atoms with Gasteiger partial charge in [0.05, 0.1) is 13.2 Å². The molecule has 0 bridgehead atoms. The lowest BCUT2D eigenvalue weighted by atomic mass is 9.88. The molecule has 23 heavy (non-hydrogen) atoms. The lowest BCUT2D eigenvalue weighted by Crippen LogP contribution is -2.41. The minimum atomic E-state index is 0.132. The molecule has 4 heteroatoms. The Kier molecular flexibility index (Phi) is 4.97. The Bertz CT molecular complexity index is 582. The van der Waals surface area contributed by atoms with Gasteiger partial charge >= 0.3 is 0 Å². The van der Waals surface area contributed by atoms with Gasteiger partial charge in [-0.25, -0.2) is 0 Å². The first-order valence-corrected chi connectivity index (χ1v) is 8.53. The number of methoxy groups -OCH3 is 1. The zero-order valence-electron chi connectivity index (χ0n) is 13.7. The maximum Gasteiger partial charge on any atom is 0.166 e. The SMILES string of the molecule is COc1ccc(C(=O)C2CCN([C@@H]3CC[C@H](C#N)C3)CC2)cc1. The van der Waals surface area contributed by atoms with Crippen LogP contribution in [0, 0.1) is 23.2 Å². The number of piperidine rings is 1. The summed E-state index contributed by atoms with van der Waals surface area (Å²) >= 11 is 0. The molecule has 0 N–H and O–H groups in total. The molecule has 1 heterocycles. The maximum atomic E-state index is 12.6. The van der Waals surface area contributed by atoms with Crippen LogP contribution in [0.2, 0.25) is 0 Å². The number of carbonyl (C=O) groups excluding carboxylic acids is 1. The van der Waals surface area contributed by atoms with E-state index < -0.39 is 0 Å². The van der Waals surface area contributed by atoms with Crippen LogP contribution in [-0.2, 0) is 0 Å². The van der Waals surface area contributed by atoms with Crippen molar-refractivity contribution < 1.29 is 9.53 Å². The highest BCUT2D eigenvalue weighted by atomic mass is 16.5. The first-order chi connectivity index (χ1) is 11.2. The first kappa shape index (κ1) is 16.0. The summed E-state index contributed by atoms with van der Waals surface area (Å²) in [7, 11) is 1.63. The fourth-order valence-electron chi connectivity index (χ4n) is 3.92. The number of hydrogen-bond donors (Lipinski definition) is 0. The molecule has 1 aromatic carbocycles. The van der Waals surface area contributed by atoms with Crippen LogP contribution >= 0.6 is 0 Å². The van der Waals surface area contributed by atoms with E-state index in [1.807, 2.05) is 24.3 Å². The second-order valence-electron chi connectivity index (χ2n) is 6.70. The van der Waals surface area contributed by atoms with Crippen molar-refractivity contribution in [2.45, 2.75) is 38.1 Å². The van der Waals surface area contributed by atoms with Crippen LogP contribution in [0.4, 0.5) is 0 Å². The van der Waals surface area contributed by atoms with E-state index >= 15 is 0 Å². The molecule has 122 valence electrons. The first-order valence-electron chi connectivity index (χ1n) is 8.53. The monoisotopic (exact) mass is 312 g/mol. The summed E-state index contributed by atoms with van der Waals surface area (Å²) in [6.07, 6.45) is 5.03. The van der Waals surface area contributed by atoms with Gasteiger partial charge in [-0.3, -0.25) is 4.79 Å². The average Bonchev–Trinajstić information content (AvgIpc) is 3.10. The highest BCUT2D eigenvalue weighted by Crippen LogP contribution is 2.32. The molecule has 3 rings (SSSR count). The fraction of sp³-hybridized carbons (Fsp3) is 0.579. The summed E-state index contributed by atoms with van der Waals surface area (Å²) in [4.78, 5) is 15.1. The summed E-state index contributed by atoms with van der Waals surface area (Å²) in [5, 5.41) is 9.04. The predicted octanol–water partition coefficient (Wildman–Crippen LogP) is 3.28. The summed E-state index contributed by atoms with van der Waals surface area (Å²) in [5.41, 5.74) is 0.787. The van der Waals surface area contributed by atoms with E-state index in [1.165, 1.54) is 0 Å². The highest BCUT2D eigenvalue weighted by Gasteiger charge is 2.33. The van der Waals surface area contributed by atoms with Gasteiger partial charge < -0.3 is 9.64 Å². The molecule has 0 unspecified atom stereocenters. The molecule has 1 aliphatic carbocycles. The van der Waals surface area contributed by atoms with Crippen molar-refractivity contribution in [2.75, 3.05) is 20.2 Å². The summed E-state index contributed by atoms with van der Waals surface area (Å²) in [6.45, 7) is 1.96. The zero-order valence-corrected chi connectivity index (χ0v) is 13.7. The van der Waals surface area contributed by atoms with Crippen LogP contribution in [0.15, 0.2) is 24.3 Å². The molecule has 4 nitrogen and oxygen atoms in total. The predicted molar refractivity (Wildman–Crippen MR) is 88.4 cm³/mol. The van der Waals surface area contributed by atoms with Gasteiger partial charge in [-0.15, -0.1) is 0 Å². The van der Waals surface area contributed by atoms with Gasteiger partial charge in [0, 0.05) is 23.4 Å². The van der Waals surface area contributed by atoms with Gasteiger partial charge in [0.2, 0.25) is 0 Å². The van der Waals surface area contributed by atoms with Gasteiger partial charge in [-0.2, -0.15) is 5.26 Å². The van der Waals surface area contributed by atoms with Gasteiger partial charge in [0.1, 0.15) is 5.75 Å². The number of carbonyl (C=O) groups is 1. The lowest BCUT2D eigenvalue weighted by Gasteiger charge is -2.35. The second kappa shape index (κ2) is 7.14. The van der Waals surface area contributed by atoms with Crippen LogP contribution in [0.1, 0.15) is 42.5 Å². The zero-order chi connectivity index (χ0) is 16.2. The van der Waals surface area contributed by atoms with Gasteiger partial charge in [-0.1, -0.05) is 0 Å². The number of ether oxygens (including phenoxy) is 1. The standard InChI is InChI=1S/C19H24N2O2/c1-23-18-6-3-15(4-7-18)19(22)16-8-10-21(11-9-16)17-5-2-14(12-17)13-20/h3-4,6-7,14,16-17H,2,5,8-12H2,1H3/t14-,17+/m0/s1. The van der Waals surface area contributed by atoms with Gasteiger partial charge in [-0.05, 0) is 69.5 Å². The second-order valence-corrected chi connectivity index (χ2v) is 6.70. The van der Waals surface area contributed by atoms with Crippen LogP contribution in [0.25, 0.3) is 0 Å². The molecule has 1 saturated heterocycles. The Labute approximate surface area is 138 Å². The van der Waals surface area contributed by atoms with E-state index in [2.05, 4.69) is 11.0 Å². The minimum Gasteiger partial charge on any atom is -0.497 e. The van der Waals surface area contributed by atoms with E-state index in [-0.39, 0.29) is 17.6 Å². The van der Waals surface area contributed by atoms with Crippen molar-refractivity contribution >= 4 is 5.78 Å². The Morgan fingerprint density at radius 2 is 1.87 bits per heavy atom. The molecule has 2 atom stereocenters. The quantitative estimate of drug-likeness (QED) is 0.801. The van der Waals surface area contributed by atoms with Gasteiger partial charge in [0.25, 0.3) is 0 Å². The minimum absolute atomic E-state index is 0.132. The number of rotatable bonds is 4. The van der Waals surface area contributed by atoms with E-state index in [1.54, 1.807) is 7.11 Å². The summed E-state index contributed by atoms with van der Waals surface area (Å²) in [5.74, 6) is 1.41. The van der Waals surface area contributed by atoms with Crippen LogP contribution < -0.4 is 4.74 Å². The van der Waals surface area contributed by atoms with Crippen molar-refractivity contribution in [3.05, 3.63) is 29.8 Å². The molecule has 0 amide bonds. The number of hydrogen-bond acceptors (Lipinski definition) is 4. The molecule has 0 aromatic heterocycles. The van der Waals surface area contributed by atoms with E-state index in [9.17, 15) is 4.79 Å². The van der Waals surface area contributed by atoms with Gasteiger partial charge in [0.15, 0.2) is 5.78 Å². The third kappa shape index (κ3) is 3.56. The van der Waals surface area contributed by atoms with Crippen molar-refractivity contribution in [3.8, 4) is 11.8 Å². The Morgan fingerprint density at radius 3 is 2.43 bits per heavy atom. The molecule has 1 aliphatic heterocycles. The third-order valence-electron chi connectivity index (χ3n) is 5.38. The number of likely N-dealkylation sites (tertiary alicyclic amines) is 1. The normalized spacial score (nSPS) is 25.9. The summed E-state index contributed by atoms with van der Waals surface area (Å²) < 4.78 is 5.14. The highest BCUT2D eigenvalue weighted by molar-refractivity contribution is 5.98. The molecular formula is C19H24N2O2. The van der Waals surface area contributed by atoms with Crippen molar-refractivity contribution in [2.24, 2.45) is 11.8 Å². The van der Waals surface area contributed by atoms with E-state index in [0.29, 0.717) is 6.04 Å². The summed E-state index contributed by atoms with van der Waals surface area (Å²) in [6, 6.07) is 10.4. The number of nitriles is 1. The molecule has 2 fully saturated rings. The maximum absolute atomic E-state index is 12.6. The largest absolute Gasteiger partial charge is 0.497 e. The number of ketones is 1. The lowest BCUT2D eigenvalue weighted by molar-refractivity contribution is 0.0792. The Balaban J connectivity index is 1.54. The van der Waals surface area contributed by atoms with E-state index in [0.717, 1.165) is 56.5 Å². The average molecular weight is 312 g/mol. The molecule has 1 aromatic rings. The topological polar surface area (TPSA) is 53.3 Å². The fourth-order valence-corrected chi connectivity index (χ4v) is 3.92. The number of Topliss-reactive ketones (excluding diaryl/α,β-unsaturated/α-hetero) is 1. The molecular weight excluding hydrogens is 288 g/mol. The molecule has 2 aliphatic rings. The van der Waals surface area contributed by atoms with Crippen molar-refractivity contribution in [1.82, 2.24) is 4.90 Å². The molecule has 1 saturated carbocycles. The third-order valence-corrected chi connectivity index (χ3v) is 5.38. The van der Waals surface area contributed by atoms with Crippen molar-refractivity contribution in [1.29, 1.82) is 5.26 Å². The smallest absolute Gasteiger partial charge is 0.166 e. The van der Waals surface area contributed by atoms with Crippen LogP contribution in [-0.4, -0.2) is 36.9 Å². The molecule has 0 radical (unpaired) electrons. The molecule has 0 spiro atoms. The Hall–Kier alpha value is -1.86. The number of benzene rings is 1. The van der Waals surface area contributed by atoms with Crippen molar-refractivity contribution in [3.63, 3.8) is 0 Å². The van der Waals surface area contributed by atoms with Crippen LogP contribution in [0.5, 0.6) is 5.75 Å². The number of nitrogens with zero attached hydrogens (tertiary/aromatic N) is 2.